The Morgan fingerprint density at radius 2 is 2.41 bits per heavy atom. The van der Waals surface area contributed by atoms with Crippen molar-refractivity contribution < 1.29 is 4.79 Å². The summed E-state index contributed by atoms with van der Waals surface area (Å²) in [7, 11) is 0. The first-order valence-corrected chi connectivity index (χ1v) is 6.23. The smallest absolute Gasteiger partial charge is 0.244 e. The molecule has 1 aromatic rings. The van der Waals surface area contributed by atoms with E-state index in [0.717, 1.165) is 19.6 Å². The summed E-state index contributed by atoms with van der Waals surface area (Å²) in [6.45, 7) is 5.54. The fraction of sp³-hybridized carbons (Fsp3) is 0.667. The first-order valence-electron chi connectivity index (χ1n) is 6.23. The molecule has 0 spiro atoms. The maximum Gasteiger partial charge on any atom is 0.244 e. The lowest BCUT2D eigenvalue weighted by Gasteiger charge is -2.24. The van der Waals surface area contributed by atoms with E-state index < -0.39 is 0 Å². The van der Waals surface area contributed by atoms with Crippen LogP contribution in [0, 0.1) is 11.8 Å². The highest BCUT2D eigenvalue weighted by Gasteiger charge is 2.43. The number of nitrogens with one attached hydrogen (secondary N) is 1. The molecular weight excluding hydrogens is 216 g/mol. The second-order valence-corrected chi connectivity index (χ2v) is 5.07. The zero-order valence-corrected chi connectivity index (χ0v) is 10.0. The number of amides is 1. The molecule has 92 valence electrons. The molecule has 3 unspecified atom stereocenters. The Morgan fingerprint density at radius 3 is 3.12 bits per heavy atom. The van der Waals surface area contributed by atoms with Gasteiger partial charge in [0.05, 0.1) is 0 Å². The Balaban J connectivity index is 1.67. The fourth-order valence-electron chi connectivity index (χ4n) is 3.12. The first kappa shape index (κ1) is 10.8. The topological polar surface area (TPSA) is 50.2 Å². The quantitative estimate of drug-likeness (QED) is 0.780. The van der Waals surface area contributed by atoms with E-state index in [0.29, 0.717) is 24.4 Å². The van der Waals surface area contributed by atoms with Gasteiger partial charge in [-0.2, -0.15) is 5.10 Å². The summed E-state index contributed by atoms with van der Waals surface area (Å²) in [5.41, 5.74) is 0. The lowest BCUT2D eigenvalue weighted by molar-refractivity contribution is -0.133. The predicted molar refractivity (Wildman–Crippen MR) is 63.3 cm³/mol. The van der Waals surface area contributed by atoms with E-state index in [1.165, 1.54) is 0 Å². The zero-order valence-electron chi connectivity index (χ0n) is 10.0. The van der Waals surface area contributed by atoms with Gasteiger partial charge >= 0.3 is 0 Å². The van der Waals surface area contributed by atoms with E-state index in [1.807, 2.05) is 17.2 Å². The third-order valence-corrected chi connectivity index (χ3v) is 4.11. The number of hydrogen-bond donors (Lipinski definition) is 1. The Bertz CT molecular complexity index is 403. The van der Waals surface area contributed by atoms with Crippen molar-refractivity contribution >= 4 is 5.91 Å². The molecule has 1 N–H and O–H groups in total. The fourth-order valence-corrected chi connectivity index (χ4v) is 3.12. The molecule has 3 rings (SSSR count). The summed E-state index contributed by atoms with van der Waals surface area (Å²) in [6, 6.07) is 2.21. The number of carbonyl (C=O) groups excluding carboxylic acids is 1. The molecule has 3 heterocycles. The van der Waals surface area contributed by atoms with Crippen molar-refractivity contribution in [2.24, 2.45) is 11.8 Å². The van der Waals surface area contributed by atoms with Gasteiger partial charge in [0, 0.05) is 38.1 Å². The van der Waals surface area contributed by atoms with Gasteiger partial charge in [-0.05, 0) is 24.8 Å². The molecule has 0 aliphatic carbocycles. The highest BCUT2D eigenvalue weighted by molar-refractivity contribution is 5.76. The predicted octanol–water partition coefficient (Wildman–Crippen LogP) is -0.0506. The number of fused-ring (bicyclic) bond motifs is 1. The van der Waals surface area contributed by atoms with Crippen LogP contribution in [0.1, 0.15) is 6.92 Å². The lowest BCUT2D eigenvalue weighted by atomic mass is 9.95. The van der Waals surface area contributed by atoms with Crippen LogP contribution >= 0.6 is 0 Å². The molecule has 2 aliphatic heterocycles. The monoisotopic (exact) mass is 234 g/mol. The summed E-state index contributed by atoms with van der Waals surface area (Å²) in [6.07, 6.45) is 3.54. The molecule has 17 heavy (non-hydrogen) atoms. The van der Waals surface area contributed by atoms with Gasteiger partial charge in [-0.3, -0.25) is 9.48 Å². The van der Waals surface area contributed by atoms with E-state index in [-0.39, 0.29) is 5.91 Å². The average Bonchev–Trinajstić information content (AvgIpc) is 2.97. The van der Waals surface area contributed by atoms with Crippen molar-refractivity contribution in [3.63, 3.8) is 0 Å². The Kier molecular flexibility index (Phi) is 2.63. The third kappa shape index (κ3) is 1.84. The zero-order chi connectivity index (χ0) is 11.8. The number of carbonyl (C=O) groups is 1. The first-order chi connectivity index (χ1) is 8.25. The van der Waals surface area contributed by atoms with Crippen LogP contribution in [-0.2, 0) is 11.3 Å². The number of hydrogen-bond acceptors (Lipinski definition) is 3. The van der Waals surface area contributed by atoms with Crippen LogP contribution in [0.2, 0.25) is 0 Å². The van der Waals surface area contributed by atoms with Crippen LogP contribution in [0.5, 0.6) is 0 Å². The highest BCUT2D eigenvalue weighted by Crippen LogP contribution is 2.32. The molecule has 1 aromatic heterocycles. The summed E-state index contributed by atoms with van der Waals surface area (Å²) < 4.78 is 1.70. The van der Waals surface area contributed by atoms with Gasteiger partial charge in [0.1, 0.15) is 6.54 Å². The van der Waals surface area contributed by atoms with E-state index in [4.69, 9.17) is 0 Å². The highest BCUT2D eigenvalue weighted by atomic mass is 16.2. The van der Waals surface area contributed by atoms with Crippen LogP contribution in [0.15, 0.2) is 18.5 Å². The summed E-state index contributed by atoms with van der Waals surface area (Å²) >= 11 is 0. The van der Waals surface area contributed by atoms with Gasteiger partial charge in [0.2, 0.25) is 5.91 Å². The van der Waals surface area contributed by atoms with Crippen LogP contribution in [0.3, 0.4) is 0 Å². The molecule has 2 saturated heterocycles. The summed E-state index contributed by atoms with van der Waals surface area (Å²) in [5, 5.41) is 7.49. The van der Waals surface area contributed by atoms with Gasteiger partial charge in [-0.15, -0.1) is 0 Å². The van der Waals surface area contributed by atoms with Crippen molar-refractivity contribution in [1.29, 1.82) is 0 Å². The van der Waals surface area contributed by atoms with Crippen LogP contribution in [-0.4, -0.2) is 46.3 Å². The Hall–Kier alpha value is -1.36. The van der Waals surface area contributed by atoms with Crippen molar-refractivity contribution in [1.82, 2.24) is 20.0 Å². The largest absolute Gasteiger partial charge is 0.338 e. The normalized spacial score (nSPS) is 31.8. The Labute approximate surface area is 101 Å². The minimum atomic E-state index is 0.190. The molecule has 0 radical (unpaired) electrons. The second-order valence-electron chi connectivity index (χ2n) is 5.07. The molecule has 0 saturated carbocycles. The van der Waals surface area contributed by atoms with E-state index in [9.17, 15) is 4.79 Å². The summed E-state index contributed by atoms with van der Waals surface area (Å²) in [5.74, 6) is 1.47. The van der Waals surface area contributed by atoms with Crippen molar-refractivity contribution in [3.8, 4) is 0 Å². The molecule has 0 bridgehead atoms. The van der Waals surface area contributed by atoms with E-state index >= 15 is 0 Å². The number of aromatic nitrogens is 2. The molecule has 2 fully saturated rings. The SMILES string of the molecule is CC1C2CNCC2CN1C(=O)Cn1cccn1. The average molecular weight is 234 g/mol. The van der Waals surface area contributed by atoms with Crippen LogP contribution < -0.4 is 5.32 Å². The van der Waals surface area contributed by atoms with E-state index in [2.05, 4.69) is 17.3 Å². The standard InChI is InChI=1S/C12H18N4O/c1-9-11-6-13-5-10(11)7-16(9)12(17)8-15-4-2-3-14-15/h2-4,9-11,13H,5-8H2,1H3. The number of nitrogens with zero attached hydrogens (tertiary/aromatic N) is 3. The van der Waals surface area contributed by atoms with Gasteiger partial charge in [0.15, 0.2) is 0 Å². The maximum atomic E-state index is 12.2. The van der Waals surface area contributed by atoms with Gasteiger partial charge in [0.25, 0.3) is 0 Å². The lowest BCUT2D eigenvalue weighted by Crippen LogP contribution is -2.40. The van der Waals surface area contributed by atoms with Crippen LogP contribution in [0.4, 0.5) is 0 Å². The van der Waals surface area contributed by atoms with Crippen molar-refractivity contribution in [3.05, 3.63) is 18.5 Å². The maximum absolute atomic E-state index is 12.2. The second kappa shape index (κ2) is 4.14. The van der Waals surface area contributed by atoms with Crippen LogP contribution in [0.25, 0.3) is 0 Å². The number of likely N-dealkylation sites (tertiary alicyclic amines) is 1. The van der Waals surface area contributed by atoms with Gasteiger partial charge in [-0.1, -0.05) is 0 Å². The van der Waals surface area contributed by atoms with Gasteiger partial charge in [-0.25, -0.2) is 0 Å². The number of rotatable bonds is 2. The van der Waals surface area contributed by atoms with E-state index in [1.54, 1.807) is 10.9 Å². The molecule has 1 amide bonds. The third-order valence-electron chi connectivity index (χ3n) is 4.11. The molecule has 3 atom stereocenters. The minimum absolute atomic E-state index is 0.190. The van der Waals surface area contributed by atoms with Crippen molar-refractivity contribution in [2.45, 2.75) is 19.5 Å². The molecule has 5 heteroatoms. The minimum Gasteiger partial charge on any atom is -0.338 e. The van der Waals surface area contributed by atoms with Crippen molar-refractivity contribution in [2.75, 3.05) is 19.6 Å². The Morgan fingerprint density at radius 1 is 1.53 bits per heavy atom. The summed E-state index contributed by atoms with van der Waals surface area (Å²) in [4.78, 5) is 14.2. The molecule has 0 aromatic carbocycles. The van der Waals surface area contributed by atoms with Gasteiger partial charge < -0.3 is 10.2 Å². The molecule has 2 aliphatic rings. The molecular formula is C12H18N4O. The molecule has 5 nitrogen and oxygen atoms in total.